The van der Waals surface area contributed by atoms with Crippen LogP contribution in [-0.4, -0.2) is 46.5 Å². The molecule has 8 nitrogen and oxygen atoms in total. The van der Waals surface area contributed by atoms with Gasteiger partial charge in [-0.3, -0.25) is 14.2 Å². The molecule has 1 amide bonds. The van der Waals surface area contributed by atoms with Crippen LogP contribution in [-0.2, 0) is 26.7 Å². The van der Waals surface area contributed by atoms with E-state index in [0.29, 0.717) is 24.4 Å². The Labute approximate surface area is 185 Å². The zero-order chi connectivity index (χ0) is 23.7. The zero-order valence-corrected chi connectivity index (χ0v) is 17.9. The molecule has 12 heteroatoms. The van der Waals surface area contributed by atoms with E-state index in [1.807, 2.05) is 0 Å². The molecular weight excluding hydrogens is 442 g/mol. The van der Waals surface area contributed by atoms with Gasteiger partial charge in [-0.25, -0.2) is 8.91 Å². The van der Waals surface area contributed by atoms with Crippen molar-refractivity contribution in [2.75, 3.05) is 6.54 Å². The van der Waals surface area contributed by atoms with Crippen LogP contribution in [0.15, 0.2) is 30.6 Å². The molecule has 0 aliphatic carbocycles. The van der Waals surface area contributed by atoms with Gasteiger partial charge in [0.2, 0.25) is 0 Å². The molecule has 4 aromatic heterocycles. The van der Waals surface area contributed by atoms with Gasteiger partial charge >= 0.3 is 6.18 Å². The summed E-state index contributed by atoms with van der Waals surface area (Å²) in [6.45, 7) is 2.08. The van der Waals surface area contributed by atoms with Gasteiger partial charge in [-0.2, -0.15) is 28.5 Å². The number of pyridine rings is 1. The summed E-state index contributed by atoms with van der Waals surface area (Å²) in [5.74, 6) is -0.944. The number of hydrogen-bond donors (Lipinski definition) is 0. The topological polar surface area (TPSA) is 73.2 Å². The molecule has 0 aromatic carbocycles. The Hall–Kier alpha value is -3.70. The van der Waals surface area contributed by atoms with Crippen LogP contribution in [0.1, 0.15) is 40.3 Å². The minimum atomic E-state index is -4.56. The van der Waals surface area contributed by atoms with E-state index in [2.05, 4.69) is 15.3 Å². The number of nitrogens with zero attached hydrogens (tertiary/aromatic N) is 7. The number of carbonyl (C=O) groups is 1. The number of amides is 1. The second kappa shape index (κ2) is 7.15. The number of hydrogen-bond acceptors (Lipinski definition) is 4. The molecule has 5 rings (SSSR count). The summed E-state index contributed by atoms with van der Waals surface area (Å²) in [5, 5.41) is 12.2. The van der Waals surface area contributed by atoms with E-state index in [1.54, 1.807) is 25.1 Å². The van der Waals surface area contributed by atoms with Gasteiger partial charge in [0.05, 0.1) is 34.9 Å². The van der Waals surface area contributed by atoms with Gasteiger partial charge < -0.3 is 4.90 Å². The number of fused-ring (bicyclic) bond motifs is 2. The number of carbonyl (C=O) groups excluding carboxylic acids is 1. The predicted octanol–water partition coefficient (Wildman–Crippen LogP) is 3.39. The van der Waals surface area contributed by atoms with Crippen LogP contribution in [0.5, 0.6) is 0 Å². The van der Waals surface area contributed by atoms with Crippen LogP contribution >= 0.6 is 0 Å². The maximum Gasteiger partial charge on any atom is 0.435 e. The third-order valence-electron chi connectivity index (χ3n) is 6.04. The molecule has 0 N–H and O–H groups in total. The molecule has 172 valence electrons. The lowest BCUT2D eigenvalue weighted by Crippen LogP contribution is -2.39. The summed E-state index contributed by atoms with van der Waals surface area (Å²) in [6, 6.07) is 3.29. The van der Waals surface area contributed by atoms with Crippen molar-refractivity contribution in [3.63, 3.8) is 0 Å². The van der Waals surface area contributed by atoms with Crippen LogP contribution in [0.3, 0.4) is 0 Å². The van der Waals surface area contributed by atoms with Crippen molar-refractivity contribution in [1.82, 2.24) is 34.1 Å². The standard InChI is InChI=1S/C21H19F4N7O/c1-11-17-12(19(30(3)28-17)15-9-16(21(23,24)25)27-29(15)2)6-8-31(11)20(33)13-10-26-32-7-4-5-14(22)18(13)32/h4-5,7,9-11H,6,8H2,1-3H3. The molecule has 33 heavy (non-hydrogen) atoms. The summed E-state index contributed by atoms with van der Waals surface area (Å²) in [4.78, 5) is 14.9. The lowest BCUT2D eigenvalue weighted by Gasteiger charge is -2.32. The highest BCUT2D eigenvalue weighted by Gasteiger charge is 2.38. The minimum absolute atomic E-state index is 0.0942. The van der Waals surface area contributed by atoms with Crippen molar-refractivity contribution < 1.29 is 22.4 Å². The van der Waals surface area contributed by atoms with E-state index >= 15 is 0 Å². The SMILES string of the molecule is CC1c2nn(C)c(-c3cc(C(F)(F)F)nn3C)c2CCN1C(=O)c1cnn2cccc(F)c12. The van der Waals surface area contributed by atoms with Crippen LogP contribution in [0.4, 0.5) is 17.6 Å². The van der Waals surface area contributed by atoms with E-state index in [9.17, 15) is 22.4 Å². The number of alkyl halides is 3. The van der Waals surface area contributed by atoms with Crippen LogP contribution in [0.25, 0.3) is 16.9 Å². The van der Waals surface area contributed by atoms with Crippen molar-refractivity contribution in [3.8, 4) is 11.4 Å². The highest BCUT2D eigenvalue weighted by atomic mass is 19.4. The molecule has 0 bridgehead atoms. The van der Waals surface area contributed by atoms with E-state index < -0.39 is 23.7 Å². The zero-order valence-electron chi connectivity index (χ0n) is 17.9. The van der Waals surface area contributed by atoms with Gasteiger partial charge in [-0.05, 0) is 31.5 Å². The summed E-state index contributed by atoms with van der Waals surface area (Å²) < 4.78 is 57.9. The highest BCUT2D eigenvalue weighted by molar-refractivity contribution is 6.01. The van der Waals surface area contributed by atoms with Gasteiger partial charge in [0.1, 0.15) is 11.3 Å². The molecule has 0 fully saturated rings. The van der Waals surface area contributed by atoms with E-state index in [0.717, 1.165) is 11.6 Å². The number of halogens is 4. The van der Waals surface area contributed by atoms with E-state index in [-0.39, 0.29) is 22.7 Å². The molecule has 0 saturated heterocycles. The smallest absolute Gasteiger partial charge is 0.330 e. The van der Waals surface area contributed by atoms with Crippen LogP contribution in [0.2, 0.25) is 0 Å². The number of rotatable bonds is 2. The van der Waals surface area contributed by atoms with E-state index in [4.69, 9.17) is 0 Å². The Balaban J connectivity index is 1.53. The highest BCUT2D eigenvalue weighted by Crippen LogP contribution is 2.38. The minimum Gasteiger partial charge on any atom is -0.330 e. The third kappa shape index (κ3) is 3.19. The normalized spacial score (nSPS) is 16.5. The van der Waals surface area contributed by atoms with Crippen molar-refractivity contribution in [2.24, 2.45) is 14.1 Å². The average Bonchev–Trinajstić information content (AvgIpc) is 3.43. The quantitative estimate of drug-likeness (QED) is 0.429. The van der Waals surface area contributed by atoms with Gasteiger partial charge in [0, 0.05) is 32.4 Å². The van der Waals surface area contributed by atoms with Crippen LogP contribution in [0, 0.1) is 5.82 Å². The molecule has 5 heterocycles. The molecular formula is C21H19F4N7O. The second-order valence-corrected chi connectivity index (χ2v) is 8.00. The molecule has 1 aliphatic heterocycles. The first-order valence-corrected chi connectivity index (χ1v) is 10.2. The van der Waals surface area contributed by atoms with Crippen molar-refractivity contribution >= 4 is 11.4 Å². The summed E-state index contributed by atoms with van der Waals surface area (Å²) in [7, 11) is 3.10. The number of aromatic nitrogens is 6. The fourth-order valence-corrected chi connectivity index (χ4v) is 4.48. The second-order valence-electron chi connectivity index (χ2n) is 8.00. The maximum atomic E-state index is 14.4. The Morgan fingerprint density at radius 1 is 1.18 bits per heavy atom. The first kappa shape index (κ1) is 21.2. The van der Waals surface area contributed by atoms with Gasteiger partial charge in [0.15, 0.2) is 5.69 Å². The Morgan fingerprint density at radius 3 is 2.64 bits per heavy atom. The Morgan fingerprint density at radius 2 is 1.94 bits per heavy atom. The molecule has 0 saturated carbocycles. The number of aryl methyl sites for hydroxylation is 2. The maximum absolute atomic E-state index is 14.4. The Bertz CT molecular complexity index is 1400. The molecule has 1 aliphatic rings. The first-order chi connectivity index (χ1) is 15.6. The first-order valence-electron chi connectivity index (χ1n) is 10.2. The van der Waals surface area contributed by atoms with Crippen molar-refractivity contribution in [2.45, 2.75) is 25.6 Å². The summed E-state index contributed by atoms with van der Waals surface area (Å²) in [6.07, 6.45) is -1.29. The predicted molar refractivity (Wildman–Crippen MR) is 109 cm³/mol. The summed E-state index contributed by atoms with van der Waals surface area (Å²) in [5.41, 5.74) is 1.41. The molecule has 0 radical (unpaired) electrons. The fourth-order valence-electron chi connectivity index (χ4n) is 4.48. The third-order valence-corrected chi connectivity index (χ3v) is 6.04. The lowest BCUT2D eigenvalue weighted by atomic mass is 9.96. The van der Waals surface area contributed by atoms with Gasteiger partial charge in [0.25, 0.3) is 5.91 Å². The molecule has 1 atom stereocenters. The molecule has 1 unspecified atom stereocenters. The largest absolute Gasteiger partial charge is 0.435 e. The fraction of sp³-hybridized carbons (Fsp3) is 0.333. The van der Waals surface area contributed by atoms with Crippen molar-refractivity contribution in [3.05, 3.63) is 58.9 Å². The average molecular weight is 461 g/mol. The van der Waals surface area contributed by atoms with Gasteiger partial charge in [-0.15, -0.1) is 0 Å². The summed E-state index contributed by atoms with van der Waals surface area (Å²) >= 11 is 0. The lowest BCUT2D eigenvalue weighted by molar-refractivity contribution is -0.141. The molecule has 0 spiro atoms. The van der Waals surface area contributed by atoms with Gasteiger partial charge in [-0.1, -0.05) is 0 Å². The van der Waals surface area contributed by atoms with Crippen molar-refractivity contribution in [1.29, 1.82) is 0 Å². The Kier molecular flexibility index (Phi) is 4.59. The van der Waals surface area contributed by atoms with E-state index in [1.165, 1.54) is 39.3 Å². The monoisotopic (exact) mass is 461 g/mol. The van der Waals surface area contributed by atoms with Crippen LogP contribution < -0.4 is 0 Å². The molecule has 4 aromatic rings.